The monoisotopic (exact) mass is 370 g/mol. The normalized spacial score (nSPS) is 17.7. The maximum Gasteiger partial charge on any atom is 0.171 e. The van der Waals surface area contributed by atoms with E-state index in [1.807, 2.05) is 18.2 Å². The highest BCUT2D eigenvalue weighted by atomic mass is 32.1. The van der Waals surface area contributed by atoms with E-state index in [0.29, 0.717) is 5.11 Å². The average molecular weight is 371 g/mol. The lowest BCUT2D eigenvalue weighted by Crippen LogP contribution is -2.42. The lowest BCUT2D eigenvalue weighted by atomic mass is 9.89. The van der Waals surface area contributed by atoms with Crippen LogP contribution in [0, 0.1) is 13.8 Å². The molecule has 2 aromatic rings. The topological polar surface area (TPSA) is 42.5 Å². The number of hydrogen-bond acceptors (Lipinski definition) is 3. The molecule has 5 heteroatoms. The van der Waals surface area contributed by atoms with Crippen molar-refractivity contribution in [3.05, 3.63) is 53.1 Å². The van der Waals surface area contributed by atoms with Gasteiger partial charge < -0.3 is 20.1 Å². The maximum atomic E-state index is 6.12. The van der Waals surface area contributed by atoms with Crippen LogP contribution >= 0.6 is 12.2 Å². The minimum Gasteiger partial charge on any atom is -0.497 e. The zero-order valence-electron chi connectivity index (χ0n) is 16.0. The van der Waals surface area contributed by atoms with Crippen LogP contribution in [0.15, 0.2) is 36.4 Å². The van der Waals surface area contributed by atoms with Gasteiger partial charge in [0.2, 0.25) is 0 Å². The van der Waals surface area contributed by atoms with Gasteiger partial charge in [-0.2, -0.15) is 0 Å². The Morgan fingerprint density at radius 2 is 1.85 bits per heavy atom. The summed E-state index contributed by atoms with van der Waals surface area (Å²) in [5.41, 5.74) is 4.20. The first kappa shape index (κ1) is 18.5. The molecule has 2 N–H and O–H groups in total. The minimum absolute atomic E-state index is 0.0507. The van der Waals surface area contributed by atoms with E-state index in [1.165, 1.54) is 11.1 Å². The van der Waals surface area contributed by atoms with Crippen molar-refractivity contribution in [2.45, 2.75) is 45.8 Å². The molecule has 4 nitrogen and oxygen atoms in total. The van der Waals surface area contributed by atoms with Crippen molar-refractivity contribution in [3.63, 3.8) is 0 Å². The Kier molecular flexibility index (Phi) is 5.10. The molecule has 0 aliphatic carbocycles. The molecule has 1 aliphatic rings. The van der Waals surface area contributed by atoms with E-state index in [0.717, 1.165) is 29.2 Å². The van der Waals surface area contributed by atoms with Gasteiger partial charge >= 0.3 is 0 Å². The summed E-state index contributed by atoms with van der Waals surface area (Å²) in [6.45, 7) is 8.35. The molecule has 1 heterocycles. The molecule has 0 fully saturated rings. The first-order chi connectivity index (χ1) is 12.3. The van der Waals surface area contributed by atoms with Crippen LogP contribution in [0.2, 0.25) is 0 Å². The van der Waals surface area contributed by atoms with Crippen molar-refractivity contribution >= 4 is 23.0 Å². The van der Waals surface area contributed by atoms with Crippen molar-refractivity contribution in [2.24, 2.45) is 0 Å². The molecule has 0 spiro atoms. The lowest BCUT2D eigenvalue weighted by molar-refractivity contribution is 0.0695. The molecule has 0 radical (unpaired) electrons. The summed E-state index contributed by atoms with van der Waals surface area (Å²) >= 11 is 5.57. The molecule has 0 bridgehead atoms. The summed E-state index contributed by atoms with van der Waals surface area (Å²) in [7, 11) is 1.67. The van der Waals surface area contributed by atoms with E-state index in [-0.39, 0.29) is 11.6 Å². The first-order valence-electron chi connectivity index (χ1n) is 8.78. The van der Waals surface area contributed by atoms with Gasteiger partial charge in [0.25, 0.3) is 0 Å². The van der Waals surface area contributed by atoms with E-state index in [2.05, 4.69) is 56.5 Å². The SMILES string of the molecule is COc1ccc2c(c1)[C@H](NC(=S)Nc1cc(C)cc(C)c1)CC(C)(C)O2. The zero-order valence-corrected chi connectivity index (χ0v) is 16.8. The molecular formula is C21H26N2O2S. The Morgan fingerprint density at radius 3 is 2.50 bits per heavy atom. The van der Waals surface area contributed by atoms with Gasteiger partial charge in [-0.1, -0.05) is 6.07 Å². The first-order valence-corrected chi connectivity index (χ1v) is 9.19. The third-order valence-electron chi connectivity index (χ3n) is 4.46. The van der Waals surface area contributed by atoms with Gasteiger partial charge in [-0.3, -0.25) is 0 Å². The Bertz CT molecular complexity index is 813. The van der Waals surface area contributed by atoms with Crippen LogP contribution < -0.4 is 20.1 Å². The van der Waals surface area contributed by atoms with Gasteiger partial charge in [-0.05, 0) is 81.4 Å². The predicted octanol–water partition coefficient (Wildman–Crippen LogP) is 4.90. The third-order valence-corrected chi connectivity index (χ3v) is 4.68. The summed E-state index contributed by atoms with van der Waals surface area (Å²) in [5.74, 6) is 1.68. The van der Waals surface area contributed by atoms with Crippen LogP contribution in [0.1, 0.15) is 43.0 Å². The Morgan fingerprint density at radius 1 is 1.15 bits per heavy atom. The highest BCUT2D eigenvalue weighted by Crippen LogP contribution is 2.41. The number of benzene rings is 2. The molecule has 138 valence electrons. The number of nitrogens with one attached hydrogen (secondary N) is 2. The van der Waals surface area contributed by atoms with Crippen LogP contribution in [0.25, 0.3) is 0 Å². The number of aryl methyl sites for hydroxylation is 2. The van der Waals surface area contributed by atoms with Gasteiger partial charge in [0.15, 0.2) is 5.11 Å². The minimum atomic E-state index is -0.269. The molecule has 3 rings (SSSR count). The second kappa shape index (κ2) is 7.16. The number of rotatable bonds is 3. The molecule has 0 aromatic heterocycles. The lowest BCUT2D eigenvalue weighted by Gasteiger charge is -2.38. The fourth-order valence-electron chi connectivity index (χ4n) is 3.46. The molecule has 1 atom stereocenters. The van der Waals surface area contributed by atoms with Gasteiger partial charge in [0, 0.05) is 17.7 Å². The number of anilines is 1. The highest BCUT2D eigenvalue weighted by molar-refractivity contribution is 7.80. The number of ether oxygens (including phenoxy) is 2. The molecule has 0 amide bonds. The molecule has 0 saturated carbocycles. The van der Waals surface area contributed by atoms with Crippen molar-refractivity contribution in [3.8, 4) is 11.5 Å². The van der Waals surface area contributed by atoms with Crippen LogP contribution in [-0.4, -0.2) is 17.8 Å². The van der Waals surface area contributed by atoms with Crippen LogP contribution in [0.4, 0.5) is 5.69 Å². The van der Waals surface area contributed by atoms with Crippen molar-refractivity contribution in [1.29, 1.82) is 0 Å². The van der Waals surface area contributed by atoms with E-state index in [1.54, 1.807) is 7.11 Å². The van der Waals surface area contributed by atoms with E-state index >= 15 is 0 Å². The second-order valence-electron chi connectivity index (χ2n) is 7.50. The maximum absolute atomic E-state index is 6.12. The fourth-order valence-corrected chi connectivity index (χ4v) is 3.72. The smallest absolute Gasteiger partial charge is 0.171 e. The Labute approximate surface area is 160 Å². The second-order valence-corrected chi connectivity index (χ2v) is 7.91. The van der Waals surface area contributed by atoms with Gasteiger partial charge in [0.05, 0.1) is 13.2 Å². The van der Waals surface area contributed by atoms with Crippen molar-refractivity contribution < 1.29 is 9.47 Å². The van der Waals surface area contributed by atoms with Crippen molar-refractivity contribution in [1.82, 2.24) is 5.32 Å². The number of fused-ring (bicyclic) bond motifs is 1. The van der Waals surface area contributed by atoms with Gasteiger partial charge in [-0.25, -0.2) is 0 Å². The molecule has 1 aliphatic heterocycles. The average Bonchev–Trinajstić information content (AvgIpc) is 2.52. The van der Waals surface area contributed by atoms with E-state index in [4.69, 9.17) is 21.7 Å². The van der Waals surface area contributed by atoms with Crippen LogP contribution in [0.3, 0.4) is 0 Å². The molecular weight excluding hydrogens is 344 g/mol. The summed E-state index contributed by atoms with van der Waals surface area (Å²) in [6, 6.07) is 12.3. The number of thiocarbonyl (C=S) groups is 1. The zero-order chi connectivity index (χ0) is 18.9. The number of hydrogen-bond donors (Lipinski definition) is 2. The van der Waals surface area contributed by atoms with Gasteiger partial charge in [0.1, 0.15) is 17.1 Å². The quantitative estimate of drug-likeness (QED) is 0.752. The predicted molar refractivity (Wildman–Crippen MR) is 110 cm³/mol. The molecule has 0 unspecified atom stereocenters. The fraction of sp³-hybridized carbons (Fsp3) is 0.381. The third kappa shape index (κ3) is 4.28. The molecule has 0 saturated heterocycles. The molecule has 26 heavy (non-hydrogen) atoms. The Hall–Kier alpha value is -2.27. The van der Waals surface area contributed by atoms with Gasteiger partial charge in [-0.15, -0.1) is 0 Å². The standard InChI is InChI=1S/C21H26N2O2S/c1-13-8-14(2)10-15(9-13)22-20(26)23-18-12-21(3,4)25-19-7-6-16(24-5)11-17(18)19/h6-11,18H,12H2,1-5H3,(H2,22,23,26)/t18-/m1/s1. The van der Waals surface area contributed by atoms with E-state index in [9.17, 15) is 0 Å². The summed E-state index contributed by atoms with van der Waals surface area (Å²) in [6.07, 6.45) is 0.807. The van der Waals surface area contributed by atoms with Crippen LogP contribution in [-0.2, 0) is 0 Å². The van der Waals surface area contributed by atoms with E-state index < -0.39 is 0 Å². The summed E-state index contributed by atoms with van der Waals surface area (Å²) in [4.78, 5) is 0. The summed E-state index contributed by atoms with van der Waals surface area (Å²) in [5, 5.41) is 7.36. The Balaban J connectivity index is 1.81. The summed E-state index contributed by atoms with van der Waals surface area (Å²) < 4.78 is 11.5. The highest BCUT2D eigenvalue weighted by Gasteiger charge is 2.34. The number of methoxy groups -OCH3 is 1. The van der Waals surface area contributed by atoms with Crippen molar-refractivity contribution in [2.75, 3.05) is 12.4 Å². The largest absolute Gasteiger partial charge is 0.497 e. The van der Waals surface area contributed by atoms with Crippen LogP contribution in [0.5, 0.6) is 11.5 Å². The molecule has 2 aromatic carbocycles.